The smallest absolute Gasteiger partial charge is 0.246 e. The Kier molecular flexibility index (Phi) is 5.43. The molecule has 1 aliphatic rings. The summed E-state index contributed by atoms with van der Waals surface area (Å²) >= 11 is 5.99. The fourth-order valence-corrected chi connectivity index (χ4v) is 2.92. The first-order chi connectivity index (χ1) is 9.97. The van der Waals surface area contributed by atoms with Crippen molar-refractivity contribution < 1.29 is 4.79 Å². The second kappa shape index (κ2) is 7.10. The molecule has 2 rings (SSSR count). The van der Waals surface area contributed by atoms with E-state index in [0.717, 1.165) is 37.1 Å². The molecule has 2 unspecified atom stereocenters. The lowest BCUT2D eigenvalue weighted by atomic mass is 9.92. The topological polar surface area (TPSA) is 46.3 Å². The molecule has 3 nitrogen and oxygen atoms in total. The third-order valence-corrected chi connectivity index (χ3v) is 4.37. The molecule has 21 heavy (non-hydrogen) atoms. The van der Waals surface area contributed by atoms with Gasteiger partial charge in [-0.25, -0.2) is 0 Å². The highest BCUT2D eigenvalue weighted by molar-refractivity contribution is 6.30. The molecule has 0 bridgehead atoms. The number of hydrogen-bond acceptors (Lipinski definition) is 2. The Labute approximate surface area is 131 Å². The van der Waals surface area contributed by atoms with Crippen LogP contribution in [0.15, 0.2) is 30.3 Å². The number of carbonyl (C=O) groups excluding carboxylic acids is 1. The number of allylic oxidation sites excluding steroid dienone is 1. The lowest BCUT2D eigenvalue weighted by Gasteiger charge is -2.34. The van der Waals surface area contributed by atoms with Gasteiger partial charge in [-0.1, -0.05) is 23.7 Å². The predicted octanol–water partition coefficient (Wildman–Crippen LogP) is 3.33. The molecular weight excluding hydrogens is 284 g/mol. The maximum Gasteiger partial charge on any atom is 0.246 e. The van der Waals surface area contributed by atoms with Crippen molar-refractivity contribution in [3.05, 3.63) is 40.9 Å². The van der Waals surface area contributed by atoms with Crippen LogP contribution in [0.25, 0.3) is 5.57 Å². The Bertz CT molecular complexity index is 539. The summed E-state index contributed by atoms with van der Waals surface area (Å²) < 4.78 is 0. The Morgan fingerprint density at radius 3 is 2.95 bits per heavy atom. The van der Waals surface area contributed by atoms with Crippen molar-refractivity contribution in [2.45, 2.75) is 32.7 Å². The minimum Gasteiger partial charge on any atom is -0.339 e. The molecule has 0 aliphatic carbocycles. The van der Waals surface area contributed by atoms with Gasteiger partial charge in [-0.05, 0) is 55.9 Å². The number of amides is 1. The van der Waals surface area contributed by atoms with Crippen LogP contribution in [0.2, 0.25) is 5.02 Å². The molecule has 0 spiro atoms. The summed E-state index contributed by atoms with van der Waals surface area (Å²) in [7, 11) is 0. The normalized spacial score (nSPS) is 21.2. The van der Waals surface area contributed by atoms with Crippen LogP contribution >= 0.6 is 11.6 Å². The molecule has 2 atom stereocenters. The minimum atomic E-state index is 0.0674. The van der Waals surface area contributed by atoms with E-state index in [0.29, 0.717) is 10.9 Å². The van der Waals surface area contributed by atoms with Crippen LogP contribution in [0.1, 0.15) is 32.3 Å². The Morgan fingerprint density at radius 2 is 2.29 bits per heavy atom. The Hall–Kier alpha value is -1.32. The summed E-state index contributed by atoms with van der Waals surface area (Å²) in [5, 5.41) is 0.683. The van der Waals surface area contributed by atoms with Crippen LogP contribution in [0.5, 0.6) is 0 Å². The van der Waals surface area contributed by atoms with Crippen molar-refractivity contribution >= 4 is 23.1 Å². The van der Waals surface area contributed by atoms with Crippen LogP contribution in [0.3, 0.4) is 0 Å². The largest absolute Gasteiger partial charge is 0.339 e. The first-order valence-electron chi connectivity index (χ1n) is 7.46. The molecule has 0 saturated carbocycles. The van der Waals surface area contributed by atoms with E-state index in [-0.39, 0.29) is 11.9 Å². The lowest BCUT2D eigenvalue weighted by Crippen LogP contribution is -2.44. The fraction of sp³-hybridized carbons (Fsp3) is 0.471. The quantitative estimate of drug-likeness (QED) is 0.871. The molecule has 1 heterocycles. The number of nitrogens with two attached hydrogens (primary N) is 1. The molecule has 1 aromatic carbocycles. The number of likely N-dealkylation sites (tertiary alicyclic amines) is 1. The van der Waals surface area contributed by atoms with Crippen LogP contribution in [-0.2, 0) is 4.79 Å². The van der Waals surface area contributed by atoms with Crippen molar-refractivity contribution in [1.29, 1.82) is 0 Å². The van der Waals surface area contributed by atoms with Crippen molar-refractivity contribution in [2.24, 2.45) is 11.7 Å². The highest BCUT2D eigenvalue weighted by atomic mass is 35.5. The van der Waals surface area contributed by atoms with Crippen molar-refractivity contribution in [2.75, 3.05) is 13.1 Å². The van der Waals surface area contributed by atoms with Gasteiger partial charge in [0.25, 0.3) is 0 Å². The standard InChI is InChI=1S/C17H23ClN2O/c1-12(14-5-3-7-16(18)10-14)9-17(21)20-8-4-6-15(11-20)13(2)19/h3,5,7,9-10,13,15H,4,6,8,11,19H2,1-2H3/b12-9-. The van der Waals surface area contributed by atoms with E-state index in [1.54, 1.807) is 6.08 Å². The molecular formula is C17H23ClN2O. The Balaban J connectivity index is 2.07. The van der Waals surface area contributed by atoms with E-state index in [1.165, 1.54) is 0 Å². The summed E-state index contributed by atoms with van der Waals surface area (Å²) in [5.41, 5.74) is 7.89. The SMILES string of the molecule is C/C(=C/C(=O)N1CCCC(C(C)N)C1)c1cccc(Cl)c1. The maximum absolute atomic E-state index is 12.4. The molecule has 114 valence electrons. The molecule has 4 heteroatoms. The molecule has 1 aliphatic heterocycles. The highest BCUT2D eigenvalue weighted by Gasteiger charge is 2.24. The van der Waals surface area contributed by atoms with Crippen LogP contribution in [0.4, 0.5) is 0 Å². The van der Waals surface area contributed by atoms with Gasteiger partial charge < -0.3 is 10.6 Å². The zero-order chi connectivity index (χ0) is 15.4. The number of halogens is 1. The second-order valence-electron chi connectivity index (χ2n) is 5.88. The summed E-state index contributed by atoms with van der Waals surface area (Å²) in [5.74, 6) is 0.473. The van der Waals surface area contributed by atoms with Gasteiger partial charge in [0.05, 0.1) is 0 Å². The minimum absolute atomic E-state index is 0.0674. The number of nitrogens with zero attached hydrogens (tertiary/aromatic N) is 1. The van der Waals surface area contributed by atoms with Gasteiger partial charge in [-0.3, -0.25) is 4.79 Å². The summed E-state index contributed by atoms with van der Waals surface area (Å²) in [6.07, 6.45) is 3.84. The first kappa shape index (κ1) is 16.1. The number of rotatable bonds is 3. The Morgan fingerprint density at radius 1 is 1.52 bits per heavy atom. The van der Waals surface area contributed by atoms with E-state index < -0.39 is 0 Å². The van der Waals surface area contributed by atoms with Gasteiger partial charge in [-0.15, -0.1) is 0 Å². The maximum atomic E-state index is 12.4. The summed E-state index contributed by atoms with van der Waals surface area (Å²) in [6, 6.07) is 7.71. The number of hydrogen-bond donors (Lipinski definition) is 1. The predicted molar refractivity (Wildman–Crippen MR) is 88.1 cm³/mol. The van der Waals surface area contributed by atoms with Gasteiger partial charge in [-0.2, -0.15) is 0 Å². The summed E-state index contributed by atoms with van der Waals surface area (Å²) in [6.45, 7) is 5.54. The van der Waals surface area contributed by atoms with Crippen LogP contribution in [-0.4, -0.2) is 29.9 Å². The molecule has 0 radical (unpaired) electrons. The average molecular weight is 307 g/mol. The lowest BCUT2D eigenvalue weighted by molar-refractivity contribution is -0.127. The number of benzene rings is 1. The van der Waals surface area contributed by atoms with Crippen molar-refractivity contribution in [3.8, 4) is 0 Å². The molecule has 1 aromatic rings. The van der Waals surface area contributed by atoms with Gasteiger partial charge in [0.15, 0.2) is 0 Å². The van der Waals surface area contributed by atoms with E-state index in [4.69, 9.17) is 17.3 Å². The van der Waals surface area contributed by atoms with E-state index in [9.17, 15) is 4.79 Å². The third-order valence-electron chi connectivity index (χ3n) is 4.13. The van der Waals surface area contributed by atoms with Crippen molar-refractivity contribution in [3.63, 3.8) is 0 Å². The molecule has 1 fully saturated rings. The fourth-order valence-electron chi connectivity index (χ4n) is 2.73. The van der Waals surface area contributed by atoms with Gasteiger partial charge in [0.1, 0.15) is 0 Å². The average Bonchev–Trinajstić information content (AvgIpc) is 2.47. The van der Waals surface area contributed by atoms with E-state index in [2.05, 4.69) is 0 Å². The number of carbonyl (C=O) groups is 1. The number of piperidine rings is 1. The van der Waals surface area contributed by atoms with Gasteiger partial charge >= 0.3 is 0 Å². The molecule has 1 amide bonds. The second-order valence-corrected chi connectivity index (χ2v) is 6.32. The highest BCUT2D eigenvalue weighted by Crippen LogP contribution is 2.21. The molecule has 0 aromatic heterocycles. The first-order valence-corrected chi connectivity index (χ1v) is 7.84. The molecule has 1 saturated heterocycles. The third kappa shape index (κ3) is 4.32. The van der Waals surface area contributed by atoms with E-state index >= 15 is 0 Å². The summed E-state index contributed by atoms with van der Waals surface area (Å²) in [4.78, 5) is 14.3. The van der Waals surface area contributed by atoms with Gasteiger partial charge in [0.2, 0.25) is 5.91 Å². The van der Waals surface area contributed by atoms with Gasteiger partial charge in [0, 0.05) is 30.2 Å². The molecule has 2 N–H and O–H groups in total. The zero-order valence-electron chi connectivity index (χ0n) is 12.7. The van der Waals surface area contributed by atoms with Crippen molar-refractivity contribution in [1.82, 2.24) is 4.90 Å². The zero-order valence-corrected chi connectivity index (χ0v) is 13.4. The monoisotopic (exact) mass is 306 g/mol. The van der Waals surface area contributed by atoms with Crippen LogP contribution < -0.4 is 5.73 Å². The van der Waals surface area contributed by atoms with Crippen LogP contribution in [0, 0.1) is 5.92 Å². The van der Waals surface area contributed by atoms with E-state index in [1.807, 2.05) is 43.0 Å².